The van der Waals surface area contributed by atoms with Gasteiger partial charge in [0.15, 0.2) is 0 Å². The summed E-state index contributed by atoms with van der Waals surface area (Å²) in [5, 5.41) is 0. The van der Waals surface area contributed by atoms with E-state index in [0.29, 0.717) is 6.04 Å². The number of hydrogen-bond donors (Lipinski definition) is 2. The zero-order valence-electron chi connectivity index (χ0n) is 10.6. The average Bonchev–Trinajstić information content (AvgIpc) is 2.78. The molecule has 1 aromatic heterocycles. The van der Waals surface area contributed by atoms with Gasteiger partial charge in [-0.25, -0.2) is 10.8 Å². The number of pyridine rings is 1. The molecule has 17 heavy (non-hydrogen) atoms. The first kappa shape index (κ1) is 12.3. The van der Waals surface area contributed by atoms with Gasteiger partial charge < -0.3 is 10.3 Å². The number of nitrogens with one attached hydrogen (secondary N) is 1. The van der Waals surface area contributed by atoms with Gasteiger partial charge in [-0.05, 0) is 26.6 Å². The van der Waals surface area contributed by atoms with E-state index in [1.165, 1.54) is 6.42 Å². The summed E-state index contributed by atoms with van der Waals surface area (Å²) in [7, 11) is 4.29. The number of nitrogens with zero attached hydrogens (tertiary/aromatic N) is 3. The highest BCUT2D eigenvalue weighted by Gasteiger charge is 2.24. The molecule has 94 valence electrons. The fourth-order valence-electron chi connectivity index (χ4n) is 2.31. The molecule has 0 bridgehead atoms. The molecule has 5 nitrogen and oxygen atoms in total. The lowest BCUT2D eigenvalue weighted by molar-refractivity contribution is 0.265. The predicted molar refractivity (Wildman–Crippen MR) is 69.4 cm³/mol. The van der Waals surface area contributed by atoms with Crippen molar-refractivity contribution in [2.75, 3.05) is 32.6 Å². The fraction of sp³-hybridized carbons (Fsp3) is 0.583. The Morgan fingerprint density at radius 1 is 1.59 bits per heavy atom. The standard InChI is InChI=1S/C12H21N5/c1-16(2)11-5-7-17(9-11)8-10-4-3-6-14-12(10)15-13/h3-4,6,11H,5,7-9,13H2,1-2H3,(H,14,15). The van der Waals surface area contributed by atoms with Crippen LogP contribution in [0.15, 0.2) is 18.3 Å². The monoisotopic (exact) mass is 235 g/mol. The number of anilines is 1. The first-order chi connectivity index (χ1) is 8.20. The molecule has 5 heteroatoms. The van der Waals surface area contributed by atoms with E-state index < -0.39 is 0 Å². The first-order valence-corrected chi connectivity index (χ1v) is 6.00. The number of nitrogens with two attached hydrogens (primary N) is 1. The molecule has 2 rings (SSSR count). The van der Waals surface area contributed by atoms with Crippen LogP contribution in [-0.2, 0) is 6.54 Å². The summed E-state index contributed by atoms with van der Waals surface area (Å²) in [5.41, 5.74) is 3.82. The molecule has 0 saturated carbocycles. The summed E-state index contributed by atoms with van der Waals surface area (Å²) < 4.78 is 0. The van der Waals surface area contributed by atoms with Gasteiger partial charge >= 0.3 is 0 Å². The molecule has 2 heterocycles. The molecule has 1 aromatic rings. The zero-order valence-corrected chi connectivity index (χ0v) is 10.6. The van der Waals surface area contributed by atoms with E-state index in [1.807, 2.05) is 6.07 Å². The number of hydrazine groups is 1. The highest BCUT2D eigenvalue weighted by atomic mass is 15.3. The first-order valence-electron chi connectivity index (χ1n) is 6.00. The van der Waals surface area contributed by atoms with Crippen LogP contribution in [0.3, 0.4) is 0 Å². The summed E-state index contributed by atoms with van der Waals surface area (Å²) in [4.78, 5) is 8.96. The third-order valence-electron chi connectivity index (χ3n) is 3.40. The summed E-state index contributed by atoms with van der Waals surface area (Å²) in [6.45, 7) is 3.17. The van der Waals surface area contributed by atoms with Gasteiger partial charge in [0, 0.05) is 37.4 Å². The molecule has 1 aliphatic rings. The van der Waals surface area contributed by atoms with Gasteiger partial charge in [-0.3, -0.25) is 4.90 Å². The van der Waals surface area contributed by atoms with Crippen LogP contribution in [0.2, 0.25) is 0 Å². The van der Waals surface area contributed by atoms with Crippen molar-refractivity contribution in [2.24, 2.45) is 5.84 Å². The lowest BCUT2D eigenvalue weighted by Crippen LogP contribution is -2.31. The fourth-order valence-corrected chi connectivity index (χ4v) is 2.31. The van der Waals surface area contributed by atoms with Gasteiger partial charge in [0.1, 0.15) is 5.82 Å². The summed E-state index contributed by atoms with van der Waals surface area (Å²) in [5.74, 6) is 6.24. The topological polar surface area (TPSA) is 57.4 Å². The molecule has 0 spiro atoms. The molecule has 1 saturated heterocycles. The van der Waals surface area contributed by atoms with Crippen LogP contribution in [-0.4, -0.2) is 48.0 Å². The summed E-state index contributed by atoms with van der Waals surface area (Å²) in [6, 6.07) is 4.70. The molecule has 1 atom stereocenters. The second kappa shape index (κ2) is 5.44. The molecule has 0 aromatic carbocycles. The molecular formula is C12H21N5. The maximum Gasteiger partial charge on any atom is 0.144 e. The number of likely N-dealkylation sites (N-methyl/N-ethyl adjacent to an activating group) is 1. The van der Waals surface area contributed by atoms with E-state index in [9.17, 15) is 0 Å². The number of nitrogen functional groups attached to an aromatic ring is 1. The van der Waals surface area contributed by atoms with Gasteiger partial charge in [0.2, 0.25) is 0 Å². The number of likely N-dealkylation sites (tertiary alicyclic amines) is 1. The SMILES string of the molecule is CN(C)C1CCN(Cc2cccnc2NN)C1. The second-order valence-electron chi connectivity index (χ2n) is 4.80. The van der Waals surface area contributed by atoms with Crippen LogP contribution in [0.1, 0.15) is 12.0 Å². The quantitative estimate of drug-likeness (QED) is 0.588. The number of hydrogen-bond acceptors (Lipinski definition) is 5. The Morgan fingerprint density at radius 2 is 2.41 bits per heavy atom. The van der Waals surface area contributed by atoms with E-state index >= 15 is 0 Å². The third kappa shape index (κ3) is 2.94. The second-order valence-corrected chi connectivity index (χ2v) is 4.80. The Balaban J connectivity index is 1.98. The number of aromatic nitrogens is 1. The minimum absolute atomic E-state index is 0.668. The average molecular weight is 235 g/mol. The molecular weight excluding hydrogens is 214 g/mol. The van der Waals surface area contributed by atoms with Crippen LogP contribution in [0, 0.1) is 0 Å². The highest BCUT2D eigenvalue weighted by Crippen LogP contribution is 2.19. The van der Waals surface area contributed by atoms with Gasteiger partial charge in [0.05, 0.1) is 0 Å². The molecule has 0 aliphatic carbocycles. The highest BCUT2D eigenvalue weighted by molar-refractivity contribution is 5.42. The van der Waals surface area contributed by atoms with Crippen molar-refractivity contribution in [3.05, 3.63) is 23.9 Å². The van der Waals surface area contributed by atoms with E-state index in [0.717, 1.165) is 31.0 Å². The normalized spacial score (nSPS) is 21.1. The molecule has 0 radical (unpaired) electrons. The Hall–Kier alpha value is -1.17. The van der Waals surface area contributed by atoms with Crippen molar-refractivity contribution < 1.29 is 0 Å². The Kier molecular flexibility index (Phi) is 3.93. The van der Waals surface area contributed by atoms with Crippen molar-refractivity contribution in [2.45, 2.75) is 19.0 Å². The van der Waals surface area contributed by atoms with Crippen molar-refractivity contribution in [3.63, 3.8) is 0 Å². The third-order valence-corrected chi connectivity index (χ3v) is 3.40. The lowest BCUT2D eigenvalue weighted by atomic mass is 10.2. The van der Waals surface area contributed by atoms with Crippen LogP contribution in [0.4, 0.5) is 5.82 Å². The zero-order chi connectivity index (χ0) is 12.3. The van der Waals surface area contributed by atoms with Crippen molar-refractivity contribution in [3.8, 4) is 0 Å². The molecule has 1 aliphatic heterocycles. The molecule has 1 unspecified atom stereocenters. The van der Waals surface area contributed by atoms with Crippen LogP contribution < -0.4 is 11.3 Å². The smallest absolute Gasteiger partial charge is 0.144 e. The Bertz CT molecular complexity index is 366. The van der Waals surface area contributed by atoms with E-state index in [-0.39, 0.29) is 0 Å². The number of rotatable bonds is 4. The molecule has 0 amide bonds. The molecule has 1 fully saturated rings. The van der Waals surface area contributed by atoms with Crippen molar-refractivity contribution >= 4 is 5.82 Å². The van der Waals surface area contributed by atoms with Crippen LogP contribution in [0.5, 0.6) is 0 Å². The van der Waals surface area contributed by atoms with Gasteiger partial charge in [-0.15, -0.1) is 0 Å². The molecule has 3 N–H and O–H groups in total. The van der Waals surface area contributed by atoms with Crippen molar-refractivity contribution in [1.29, 1.82) is 0 Å². The maximum atomic E-state index is 5.46. The van der Waals surface area contributed by atoms with E-state index in [4.69, 9.17) is 5.84 Å². The predicted octanol–water partition coefficient (Wildman–Crippen LogP) is 0.503. The van der Waals surface area contributed by atoms with Crippen LogP contribution in [0.25, 0.3) is 0 Å². The van der Waals surface area contributed by atoms with Crippen molar-refractivity contribution in [1.82, 2.24) is 14.8 Å². The van der Waals surface area contributed by atoms with E-state index in [1.54, 1.807) is 6.20 Å². The minimum Gasteiger partial charge on any atom is -0.308 e. The van der Waals surface area contributed by atoms with Gasteiger partial charge in [-0.1, -0.05) is 6.07 Å². The maximum absolute atomic E-state index is 5.46. The minimum atomic E-state index is 0.668. The Labute approximate surface area is 103 Å². The van der Waals surface area contributed by atoms with Gasteiger partial charge in [0.25, 0.3) is 0 Å². The summed E-state index contributed by atoms with van der Waals surface area (Å²) in [6.07, 6.45) is 2.99. The summed E-state index contributed by atoms with van der Waals surface area (Å²) >= 11 is 0. The lowest BCUT2D eigenvalue weighted by Gasteiger charge is -2.20. The Morgan fingerprint density at radius 3 is 3.06 bits per heavy atom. The largest absolute Gasteiger partial charge is 0.308 e. The van der Waals surface area contributed by atoms with Crippen LogP contribution >= 0.6 is 0 Å². The van der Waals surface area contributed by atoms with E-state index in [2.05, 4.69) is 40.4 Å². The van der Waals surface area contributed by atoms with Gasteiger partial charge in [-0.2, -0.15) is 0 Å².